The minimum absolute atomic E-state index is 0.00299. The van der Waals surface area contributed by atoms with Crippen molar-refractivity contribution in [3.63, 3.8) is 0 Å². The fourth-order valence-electron chi connectivity index (χ4n) is 5.66. The molecule has 0 unspecified atom stereocenters. The van der Waals surface area contributed by atoms with Gasteiger partial charge in [-0.2, -0.15) is 4.31 Å². The molecule has 1 N–H and O–H groups in total. The number of fused-ring (bicyclic) bond motifs is 2. The van der Waals surface area contributed by atoms with Gasteiger partial charge in [-0.3, -0.25) is 14.4 Å². The van der Waals surface area contributed by atoms with E-state index in [9.17, 15) is 27.9 Å². The Balaban J connectivity index is 1.73. The highest BCUT2D eigenvalue weighted by Gasteiger charge is 2.66. The van der Waals surface area contributed by atoms with Crippen molar-refractivity contribution in [1.82, 2.24) is 14.1 Å². The van der Waals surface area contributed by atoms with Crippen LogP contribution < -0.4 is 4.90 Å². The fourth-order valence-corrected chi connectivity index (χ4v) is 7.12. The topological polar surface area (TPSA) is 128 Å². The summed E-state index contributed by atoms with van der Waals surface area (Å²) in [6.45, 7) is 5.13. The minimum Gasteiger partial charge on any atom is -0.507 e. The van der Waals surface area contributed by atoms with Crippen LogP contribution in [0, 0.1) is 0 Å². The molecule has 2 aromatic carbocycles. The summed E-state index contributed by atoms with van der Waals surface area (Å²) in [6, 6.07) is 12.4. The molecule has 0 radical (unpaired) electrons. The van der Waals surface area contributed by atoms with E-state index < -0.39 is 44.5 Å². The number of likely N-dealkylation sites (N-methyl/N-ethyl adjacent to an activating group) is 1. The third kappa shape index (κ3) is 4.47. The van der Waals surface area contributed by atoms with Crippen LogP contribution in [0.3, 0.4) is 0 Å². The van der Waals surface area contributed by atoms with E-state index in [2.05, 4.69) is 6.58 Å². The van der Waals surface area contributed by atoms with Crippen LogP contribution in [0.25, 0.3) is 5.76 Å². The lowest BCUT2D eigenvalue weighted by molar-refractivity contribution is -0.143. The molecule has 2 fully saturated rings. The van der Waals surface area contributed by atoms with Gasteiger partial charge in [0, 0.05) is 43.9 Å². The van der Waals surface area contributed by atoms with Crippen LogP contribution in [0.1, 0.15) is 11.1 Å². The molecule has 1 atom stereocenters. The quantitative estimate of drug-likeness (QED) is 0.215. The number of sulfonamides is 1. The standard InChI is InChI=1S/C29H32N4O7S/c1-4-12-32-23-11-6-5-10-22(23)29(28(32)37)24(26(35)27(36)33(29)14-13-30(2)3)25(34)20-8-7-9-21(19-20)41(38,39)31-15-17-40-18-16-31/h4-11,19,34H,1,12-18H2,2-3H3/t29-/m1/s1. The summed E-state index contributed by atoms with van der Waals surface area (Å²) < 4.78 is 33.3. The van der Waals surface area contributed by atoms with Gasteiger partial charge >= 0.3 is 0 Å². The maximum Gasteiger partial charge on any atom is 0.296 e. The molecule has 5 rings (SSSR count). The largest absolute Gasteiger partial charge is 0.507 e. The second kappa shape index (κ2) is 10.9. The van der Waals surface area contributed by atoms with E-state index in [1.54, 1.807) is 44.4 Å². The van der Waals surface area contributed by atoms with Gasteiger partial charge in [-0.15, -0.1) is 6.58 Å². The second-order valence-electron chi connectivity index (χ2n) is 10.3. The normalized spacial score (nSPS) is 22.7. The molecule has 2 aromatic rings. The summed E-state index contributed by atoms with van der Waals surface area (Å²) in [6.07, 6.45) is 1.54. The zero-order valence-corrected chi connectivity index (χ0v) is 23.8. The Morgan fingerprint density at radius 2 is 1.80 bits per heavy atom. The van der Waals surface area contributed by atoms with Gasteiger partial charge in [0.25, 0.3) is 17.6 Å². The van der Waals surface area contributed by atoms with E-state index in [4.69, 9.17) is 4.74 Å². The lowest BCUT2D eigenvalue weighted by atomic mass is 9.82. The van der Waals surface area contributed by atoms with Crippen LogP contribution in [0.2, 0.25) is 0 Å². The van der Waals surface area contributed by atoms with Crippen molar-refractivity contribution in [1.29, 1.82) is 0 Å². The molecule has 0 aromatic heterocycles. The first-order valence-electron chi connectivity index (χ1n) is 13.2. The summed E-state index contributed by atoms with van der Waals surface area (Å²) in [5.41, 5.74) is -1.47. The number of aliphatic hydroxyl groups is 1. The molecule has 216 valence electrons. The molecule has 1 spiro atoms. The molecule has 0 saturated carbocycles. The molecule has 0 bridgehead atoms. The van der Waals surface area contributed by atoms with Gasteiger partial charge in [-0.25, -0.2) is 8.42 Å². The molecule has 2 saturated heterocycles. The first kappa shape index (κ1) is 28.7. The third-order valence-electron chi connectivity index (χ3n) is 7.61. The van der Waals surface area contributed by atoms with Crippen molar-refractivity contribution in [2.45, 2.75) is 10.4 Å². The molecule has 3 heterocycles. The zero-order valence-electron chi connectivity index (χ0n) is 22.9. The summed E-state index contributed by atoms with van der Waals surface area (Å²) in [5.74, 6) is -3.14. The van der Waals surface area contributed by atoms with Gasteiger partial charge in [0.1, 0.15) is 5.76 Å². The Morgan fingerprint density at radius 3 is 2.49 bits per heavy atom. The highest BCUT2D eigenvalue weighted by atomic mass is 32.2. The second-order valence-corrected chi connectivity index (χ2v) is 12.2. The van der Waals surface area contributed by atoms with E-state index in [1.165, 1.54) is 38.4 Å². The first-order chi connectivity index (χ1) is 19.6. The van der Waals surface area contributed by atoms with E-state index in [0.717, 1.165) is 0 Å². The number of hydrogen-bond acceptors (Lipinski definition) is 8. The van der Waals surface area contributed by atoms with Crippen molar-refractivity contribution < 1.29 is 32.6 Å². The Labute approximate surface area is 238 Å². The molecule has 3 aliphatic heterocycles. The van der Waals surface area contributed by atoms with Crippen molar-refractivity contribution in [3.05, 3.63) is 77.9 Å². The molecule has 11 nitrogen and oxygen atoms in total. The molecule has 41 heavy (non-hydrogen) atoms. The molecule has 12 heteroatoms. The fraction of sp³-hybridized carbons (Fsp3) is 0.345. The average Bonchev–Trinajstić information content (AvgIpc) is 3.35. The number of benzene rings is 2. The zero-order chi connectivity index (χ0) is 29.5. The summed E-state index contributed by atoms with van der Waals surface area (Å²) in [5, 5.41) is 11.7. The number of nitrogens with zero attached hydrogens (tertiary/aromatic N) is 4. The first-order valence-corrected chi connectivity index (χ1v) is 14.7. The summed E-state index contributed by atoms with van der Waals surface area (Å²) in [7, 11) is -0.325. The van der Waals surface area contributed by atoms with Gasteiger partial charge in [0.05, 0.1) is 29.4 Å². The van der Waals surface area contributed by atoms with E-state index in [-0.39, 0.29) is 49.9 Å². The number of aliphatic hydroxyl groups excluding tert-OH is 1. The van der Waals surface area contributed by atoms with Crippen LogP contribution in [-0.4, -0.2) is 105 Å². The number of anilines is 1. The van der Waals surface area contributed by atoms with Crippen molar-refractivity contribution in [3.8, 4) is 0 Å². The van der Waals surface area contributed by atoms with Gasteiger partial charge in [0.2, 0.25) is 10.0 Å². The Kier molecular flexibility index (Phi) is 7.60. The SMILES string of the molecule is C=CCN1C(=O)[C@]2(C(=C(O)c3cccc(S(=O)(=O)N4CCOCC4)c3)C(=O)C(=O)N2CCN(C)C)c2ccccc21. The van der Waals surface area contributed by atoms with Crippen LogP contribution >= 0.6 is 0 Å². The average molecular weight is 581 g/mol. The van der Waals surface area contributed by atoms with Crippen molar-refractivity contribution >= 4 is 39.1 Å². The smallest absolute Gasteiger partial charge is 0.296 e. The van der Waals surface area contributed by atoms with Crippen molar-refractivity contribution in [2.75, 3.05) is 64.9 Å². The van der Waals surface area contributed by atoms with E-state index in [0.29, 0.717) is 17.8 Å². The number of ether oxygens (including phenoxy) is 1. The number of hydrogen-bond donors (Lipinski definition) is 1. The Hall–Kier alpha value is -3.84. The van der Waals surface area contributed by atoms with Crippen LogP contribution in [-0.2, 0) is 34.7 Å². The van der Waals surface area contributed by atoms with Crippen LogP contribution in [0.4, 0.5) is 5.69 Å². The molecule has 2 amide bonds. The number of morpholine rings is 1. The van der Waals surface area contributed by atoms with Crippen molar-refractivity contribution in [2.24, 2.45) is 0 Å². The number of rotatable bonds is 8. The van der Waals surface area contributed by atoms with E-state index >= 15 is 0 Å². The molecule has 3 aliphatic rings. The third-order valence-corrected chi connectivity index (χ3v) is 9.50. The molecule has 0 aliphatic carbocycles. The van der Waals surface area contributed by atoms with E-state index in [1.807, 2.05) is 4.90 Å². The van der Waals surface area contributed by atoms with Gasteiger partial charge < -0.3 is 24.5 Å². The number of Topliss-reactive ketones (excluding diaryl/α,β-unsaturated/α-hetero) is 1. The highest BCUT2D eigenvalue weighted by Crippen LogP contribution is 2.53. The summed E-state index contributed by atoms with van der Waals surface area (Å²) >= 11 is 0. The lowest BCUT2D eigenvalue weighted by Gasteiger charge is -2.35. The maximum atomic E-state index is 14.4. The van der Waals surface area contributed by atoms with Gasteiger partial charge in [-0.05, 0) is 32.3 Å². The Morgan fingerprint density at radius 1 is 1.10 bits per heavy atom. The minimum atomic E-state index is -3.93. The van der Waals surface area contributed by atoms with Crippen LogP contribution in [0.15, 0.2) is 71.7 Å². The predicted molar refractivity (Wildman–Crippen MR) is 152 cm³/mol. The number of likely N-dealkylation sites (tertiary alicyclic amines) is 1. The maximum absolute atomic E-state index is 14.4. The number of para-hydroxylation sites is 1. The Bertz CT molecular complexity index is 1560. The predicted octanol–water partition coefficient (Wildman–Crippen LogP) is 1.38. The number of amides is 2. The number of carbonyl (C=O) groups is 3. The lowest BCUT2D eigenvalue weighted by Crippen LogP contribution is -2.53. The molecular formula is C29H32N4O7S. The number of ketones is 1. The number of carbonyl (C=O) groups excluding carboxylic acids is 3. The van der Waals surface area contributed by atoms with Crippen LogP contribution in [0.5, 0.6) is 0 Å². The molecular weight excluding hydrogens is 548 g/mol. The van der Waals surface area contributed by atoms with Gasteiger partial charge in [0.15, 0.2) is 5.54 Å². The highest BCUT2D eigenvalue weighted by molar-refractivity contribution is 7.89. The monoisotopic (exact) mass is 580 g/mol. The van der Waals surface area contributed by atoms with Gasteiger partial charge in [-0.1, -0.05) is 36.4 Å². The summed E-state index contributed by atoms with van der Waals surface area (Å²) in [4.78, 5) is 46.1.